The van der Waals surface area contributed by atoms with Crippen molar-refractivity contribution in [2.24, 2.45) is 29.4 Å². The van der Waals surface area contributed by atoms with Gasteiger partial charge in [-0.2, -0.15) is 0 Å². The monoisotopic (exact) mass is 704 g/mol. The smallest absolute Gasteiger partial charge is 0.245 e. The molecule has 0 aromatic heterocycles. The zero-order valence-electron chi connectivity index (χ0n) is 32.8. The highest BCUT2D eigenvalue weighted by Gasteiger charge is 2.41. The summed E-state index contributed by atoms with van der Waals surface area (Å²) in [7, 11) is 5.09. The van der Waals surface area contributed by atoms with Gasteiger partial charge in [0.1, 0.15) is 6.04 Å². The summed E-state index contributed by atoms with van der Waals surface area (Å²) in [5.74, 6) is -1.29. The molecule has 5 N–H and O–H groups in total. The van der Waals surface area contributed by atoms with Gasteiger partial charge in [-0.3, -0.25) is 14.4 Å². The highest BCUT2D eigenvalue weighted by atomic mass is 16.5. The first-order valence-electron chi connectivity index (χ1n) is 18.7. The number of nitrogens with one attached hydrogen (secondary N) is 2. The minimum Gasteiger partial charge on any atom is -0.386 e. The summed E-state index contributed by atoms with van der Waals surface area (Å²) < 4.78 is 12.2. The summed E-state index contributed by atoms with van der Waals surface area (Å²) in [6.07, 6.45) is 9.31. The number of ether oxygens (including phenoxy) is 2. The van der Waals surface area contributed by atoms with Crippen molar-refractivity contribution in [1.82, 2.24) is 20.4 Å². The number of amides is 3. The Balaban J connectivity index is 2.22. The first kappa shape index (κ1) is 43.4. The summed E-state index contributed by atoms with van der Waals surface area (Å²) in [6, 6.07) is -2.28. The van der Waals surface area contributed by atoms with Crippen molar-refractivity contribution >= 4 is 17.7 Å². The van der Waals surface area contributed by atoms with Crippen molar-refractivity contribution < 1.29 is 29.0 Å². The summed E-state index contributed by atoms with van der Waals surface area (Å²) in [4.78, 5) is 44.5. The van der Waals surface area contributed by atoms with Crippen molar-refractivity contribution in [2.75, 3.05) is 27.8 Å². The van der Waals surface area contributed by atoms with Crippen LogP contribution in [0.2, 0.25) is 0 Å². The molecule has 1 saturated heterocycles. The Morgan fingerprint density at radius 2 is 1.70 bits per heavy atom. The topological polar surface area (TPSA) is 146 Å². The van der Waals surface area contributed by atoms with Gasteiger partial charge >= 0.3 is 0 Å². The van der Waals surface area contributed by atoms with Crippen LogP contribution in [-0.4, -0.2) is 109 Å². The van der Waals surface area contributed by atoms with Gasteiger partial charge in [-0.15, -0.1) is 0 Å². The number of likely N-dealkylation sites (tertiary alicyclic amines) is 1. The Morgan fingerprint density at radius 3 is 2.22 bits per heavy atom. The minimum absolute atomic E-state index is 0.0601. The summed E-state index contributed by atoms with van der Waals surface area (Å²) in [5, 5.41) is 16.8. The molecule has 286 valence electrons. The van der Waals surface area contributed by atoms with Gasteiger partial charge in [0, 0.05) is 39.9 Å². The van der Waals surface area contributed by atoms with E-state index in [1.807, 2.05) is 59.8 Å². The number of allylic oxidation sites excluding steroid dienone is 2. The maximum Gasteiger partial charge on any atom is 0.245 e. The predicted octanol–water partition coefficient (Wildman–Crippen LogP) is 4.16. The molecule has 0 aromatic rings. The van der Waals surface area contributed by atoms with E-state index in [0.717, 1.165) is 49.9 Å². The van der Waals surface area contributed by atoms with Crippen molar-refractivity contribution in [3.63, 3.8) is 0 Å². The minimum atomic E-state index is -0.786. The van der Waals surface area contributed by atoms with Crippen LogP contribution in [0.5, 0.6) is 0 Å². The lowest BCUT2D eigenvalue weighted by molar-refractivity contribution is -0.142. The van der Waals surface area contributed by atoms with Crippen LogP contribution in [0.15, 0.2) is 36.1 Å². The third kappa shape index (κ3) is 11.1. The maximum atomic E-state index is 14.1. The zero-order chi connectivity index (χ0) is 37.9. The Labute approximate surface area is 302 Å². The van der Waals surface area contributed by atoms with Crippen LogP contribution in [0.3, 0.4) is 0 Å². The average molecular weight is 704 g/mol. The third-order valence-corrected chi connectivity index (χ3v) is 10.9. The lowest BCUT2D eigenvalue weighted by atomic mass is 9.89. The lowest BCUT2D eigenvalue weighted by Gasteiger charge is -2.42. The molecule has 1 aliphatic carbocycles. The van der Waals surface area contributed by atoms with Crippen LogP contribution in [0, 0.1) is 23.7 Å². The fraction of sp³-hybridized carbons (Fsp3) is 0.769. The SMILES string of the molecule is C=C(C[C@@H](OC)C([C@@H](C)CC)N(C)C(=O)[C@@H](NC(=O)C(N)C(C)C)C(C)C)N1CCC[C@H]1[C@H](OC)[C@@H](C)C(=O)N[C@H](C)[C@@H](O)C1=CCCC=C1. The van der Waals surface area contributed by atoms with E-state index in [2.05, 4.69) is 36.0 Å². The molecule has 11 heteroatoms. The first-order chi connectivity index (χ1) is 23.5. The number of rotatable bonds is 20. The second kappa shape index (κ2) is 20.3. The van der Waals surface area contributed by atoms with Gasteiger partial charge in [-0.25, -0.2) is 0 Å². The molecule has 50 heavy (non-hydrogen) atoms. The van der Waals surface area contributed by atoms with E-state index in [-0.39, 0.29) is 53.7 Å². The number of carbonyl (C=O) groups excluding carboxylic acids is 3. The molecular weight excluding hydrogens is 634 g/mol. The Hall–Kier alpha value is -2.73. The fourth-order valence-corrected chi connectivity index (χ4v) is 7.31. The summed E-state index contributed by atoms with van der Waals surface area (Å²) in [5.41, 5.74) is 7.81. The average Bonchev–Trinajstić information content (AvgIpc) is 3.58. The van der Waals surface area contributed by atoms with E-state index in [1.54, 1.807) is 26.2 Å². The Morgan fingerprint density at radius 1 is 1.04 bits per heavy atom. The lowest BCUT2D eigenvalue weighted by Crippen LogP contribution is -2.59. The van der Waals surface area contributed by atoms with Crippen molar-refractivity contribution in [1.29, 1.82) is 0 Å². The van der Waals surface area contributed by atoms with Crippen LogP contribution in [0.4, 0.5) is 0 Å². The van der Waals surface area contributed by atoms with E-state index in [4.69, 9.17) is 15.2 Å². The second-order valence-electron chi connectivity index (χ2n) is 15.2. The normalized spacial score (nSPS) is 21.8. The molecule has 10 atom stereocenters. The van der Waals surface area contributed by atoms with E-state index in [1.165, 1.54) is 0 Å². The largest absolute Gasteiger partial charge is 0.386 e. The molecule has 0 spiro atoms. The highest BCUT2D eigenvalue weighted by molar-refractivity contribution is 5.90. The van der Waals surface area contributed by atoms with E-state index in [0.29, 0.717) is 6.42 Å². The van der Waals surface area contributed by atoms with Crippen LogP contribution in [0.25, 0.3) is 0 Å². The van der Waals surface area contributed by atoms with E-state index >= 15 is 0 Å². The second-order valence-corrected chi connectivity index (χ2v) is 15.2. The molecule has 0 bridgehead atoms. The Kier molecular flexibility index (Phi) is 17.7. The molecule has 1 aliphatic heterocycles. The number of aliphatic hydroxyl groups excluding tert-OH is 1. The molecule has 3 amide bonds. The van der Waals surface area contributed by atoms with Gasteiger partial charge in [0.25, 0.3) is 0 Å². The van der Waals surface area contributed by atoms with Gasteiger partial charge in [-0.1, -0.05) is 79.7 Å². The predicted molar refractivity (Wildman–Crippen MR) is 200 cm³/mol. The quantitative estimate of drug-likeness (QED) is 0.148. The van der Waals surface area contributed by atoms with Crippen LogP contribution in [-0.2, 0) is 23.9 Å². The molecule has 11 nitrogen and oxygen atoms in total. The number of nitrogens with zero attached hydrogens (tertiary/aromatic N) is 2. The molecule has 1 heterocycles. The Bertz CT molecular complexity index is 1190. The molecule has 0 saturated carbocycles. The number of nitrogens with two attached hydrogens (primary N) is 1. The number of methoxy groups -OCH3 is 2. The molecule has 2 rings (SSSR count). The zero-order valence-corrected chi connectivity index (χ0v) is 32.8. The fourth-order valence-electron chi connectivity index (χ4n) is 7.31. The number of hydrogen-bond donors (Lipinski definition) is 4. The third-order valence-electron chi connectivity index (χ3n) is 10.9. The molecule has 1 fully saturated rings. The van der Waals surface area contributed by atoms with Gasteiger partial charge in [0.15, 0.2) is 0 Å². The van der Waals surface area contributed by atoms with Gasteiger partial charge < -0.3 is 40.7 Å². The molecule has 2 unspecified atom stereocenters. The van der Waals surface area contributed by atoms with Crippen molar-refractivity contribution in [3.05, 3.63) is 36.1 Å². The molecular formula is C39H69N5O6. The van der Waals surface area contributed by atoms with Gasteiger partial charge in [0.05, 0.1) is 48.4 Å². The van der Waals surface area contributed by atoms with E-state index in [9.17, 15) is 19.5 Å². The molecule has 2 aliphatic rings. The van der Waals surface area contributed by atoms with Crippen molar-refractivity contribution in [2.45, 2.75) is 142 Å². The van der Waals surface area contributed by atoms with Crippen LogP contribution < -0.4 is 16.4 Å². The first-order valence-corrected chi connectivity index (χ1v) is 18.7. The summed E-state index contributed by atoms with van der Waals surface area (Å²) in [6.45, 7) is 20.8. The summed E-state index contributed by atoms with van der Waals surface area (Å²) >= 11 is 0. The number of hydrogen-bond acceptors (Lipinski definition) is 8. The van der Waals surface area contributed by atoms with E-state index < -0.39 is 36.3 Å². The highest BCUT2D eigenvalue weighted by Crippen LogP contribution is 2.33. The standard InChI is InChI=1S/C39H69N5O6/c1-13-25(6)34(43(10)39(48)33(24(4)5)42-38(47)32(40)23(2)3)31(49-11)22-26(7)44-21-17-20-30(44)36(50-12)27(8)37(46)41-28(9)35(45)29-18-15-14-16-19-29/h15,18-19,23-25,27-28,30-36,45H,7,13-14,16-17,20-22,40H2,1-6,8-12H3,(H,41,46)(H,42,47)/t25-,27+,28+,30-,31+,32?,33-,34?,35+,36+/m0/s1. The maximum absolute atomic E-state index is 14.1. The molecule has 0 aromatic carbocycles. The van der Waals surface area contributed by atoms with Crippen LogP contribution >= 0.6 is 0 Å². The van der Waals surface area contributed by atoms with Crippen LogP contribution in [0.1, 0.15) is 93.9 Å². The number of carbonyl (C=O) groups is 3. The molecule has 0 radical (unpaired) electrons. The van der Waals surface area contributed by atoms with Gasteiger partial charge in [0.2, 0.25) is 17.7 Å². The van der Waals surface area contributed by atoms with Gasteiger partial charge in [-0.05, 0) is 55.9 Å². The number of aliphatic hydroxyl groups is 1. The van der Waals surface area contributed by atoms with Crippen molar-refractivity contribution in [3.8, 4) is 0 Å². The number of likely N-dealkylation sites (N-methyl/N-ethyl adjacent to an activating group) is 1.